The third-order valence-electron chi connectivity index (χ3n) is 5.23. The van der Waals surface area contributed by atoms with Crippen molar-refractivity contribution in [2.45, 2.75) is 45.7 Å². The fraction of sp³-hybridized carbons (Fsp3) is 0.409. The maximum absolute atomic E-state index is 12.6. The SMILES string of the molecule is CCC(C)NC(=O)OCCC(=O)Nc1sc2c(c1-c1nc3ccccc3s1)CCNC2. The molecule has 2 aromatic heterocycles. The topological polar surface area (TPSA) is 92.3 Å². The number of anilines is 1. The summed E-state index contributed by atoms with van der Waals surface area (Å²) in [6, 6.07) is 8.12. The number of ether oxygens (including phenoxy) is 1. The molecule has 0 radical (unpaired) electrons. The van der Waals surface area contributed by atoms with E-state index in [9.17, 15) is 9.59 Å². The van der Waals surface area contributed by atoms with Gasteiger partial charge in [-0.05, 0) is 44.0 Å². The molecule has 0 saturated carbocycles. The highest BCUT2D eigenvalue weighted by atomic mass is 32.1. The van der Waals surface area contributed by atoms with E-state index in [0.717, 1.165) is 51.7 Å². The number of thiazole rings is 1. The molecule has 0 saturated heterocycles. The van der Waals surface area contributed by atoms with Crippen LogP contribution in [0.4, 0.5) is 9.80 Å². The highest BCUT2D eigenvalue weighted by molar-refractivity contribution is 7.22. The van der Waals surface area contributed by atoms with Crippen molar-refractivity contribution in [3.63, 3.8) is 0 Å². The number of carbonyl (C=O) groups excluding carboxylic acids is 2. The van der Waals surface area contributed by atoms with E-state index in [1.165, 1.54) is 10.4 Å². The van der Waals surface area contributed by atoms with Gasteiger partial charge in [0.05, 0.1) is 16.6 Å². The summed E-state index contributed by atoms with van der Waals surface area (Å²) in [5.74, 6) is -0.176. The van der Waals surface area contributed by atoms with Gasteiger partial charge in [0.25, 0.3) is 0 Å². The summed E-state index contributed by atoms with van der Waals surface area (Å²) >= 11 is 3.24. The Labute approximate surface area is 189 Å². The van der Waals surface area contributed by atoms with E-state index >= 15 is 0 Å². The first-order valence-corrected chi connectivity index (χ1v) is 12.1. The summed E-state index contributed by atoms with van der Waals surface area (Å²) in [6.07, 6.45) is 1.34. The largest absolute Gasteiger partial charge is 0.449 e. The number of hydrogen-bond acceptors (Lipinski definition) is 7. The first-order chi connectivity index (χ1) is 15.0. The second-order valence-electron chi connectivity index (χ2n) is 7.51. The van der Waals surface area contributed by atoms with Crippen molar-refractivity contribution >= 4 is 49.9 Å². The van der Waals surface area contributed by atoms with E-state index in [4.69, 9.17) is 9.72 Å². The molecule has 0 fully saturated rings. The van der Waals surface area contributed by atoms with Gasteiger partial charge in [0, 0.05) is 23.0 Å². The monoisotopic (exact) mass is 458 g/mol. The number of nitrogens with zero attached hydrogens (tertiary/aromatic N) is 1. The molecule has 3 aromatic rings. The van der Waals surface area contributed by atoms with Crippen molar-refractivity contribution < 1.29 is 14.3 Å². The van der Waals surface area contributed by atoms with Crippen LogP contribution in [0, 0.1) is 0 Å². The van der Waals surface area contributed by atoms with Gasteiger partial charge >= 0.3 is 6.09 Å². The van der Waals surface area contributed by atoms with Gasteiger partial charge in [0.1, 0.15) is 16.6 Å². The van der Waals surface area contributed by atoms with Gasteiger partial charge in [-0.3, -0.25) is 4.79 Å². The number of amides is 2. The zero-order chi connectivity index (χ0) is 21.8. The molecule has 7 nitrogen and oxygen atoms in total. The molecule has 1 atom stereocenters. The van der Waals surface area contributed by atoms with Crippen molar-refractivity contribution in [2.24, 2.45) is 0 Å². The first kappa shape index (κ1) is 21.7. The highest BCUT2D eigenvalue weighted by Crippen LogP contribution is 2.44. The average molecular weight is 459 g/mol. The Hall–Kier alpha value is -2.49. The highest BCUT2D eigenvalue weighted by Gasteiger charge is 2.25. The lowest BCUT2D eigenvalue weighted by atomic mass is 10.0. The predicted octanol–water partition coefficient (Wildman–Crippen LogP) is 4.52. The Morgan fingerprint density at radius 3 is 2.94 bits per heavy atom. The Bertz CT molecular complexity index is 1060. The minimum absolute atomic E-state index is 0.0389. The van der Waals surface area contributed by atoms with Gasteiger partial charge in [-0.1, -0.05) is 19.1 Å². The van der Waals surface area contributed by atoms with Gasteiger partial charge in [0.2, 0.25) is 5.91 Å². The van der Waals surface area contributed by atoms with E-state index in [1.54, 1.807) is 22.7 Å². The molecule has 164 valence electrons. The van der Waals surface area contributed by atoms with Crippen LogP contribution in [-0.2, 0) is 22.5 Å². The maximum atomic E-state index is 12.6. The number of nitrogens with one attached hydrogen (secondary N) is 3. The molecule has 1 aliphatic heterocycles. The Morgan fingerprint density at radius 2 is 2.13 bits per heavy atom. The normalized spacial score (nSPS) is 14.1. The molecule has 1 unspecified atom stereocenters. The molecule has 1 aromatic carbocycles. The lowest BCUT2D eigenvalue weighted by Gasteiger charge is -2.13. The molecule has 0 spiro atoms. The van der Waals surface area contributed by atoms with Crippen LogP contribution in [0.2, 0.25) is 0 Å². The van der Waals surface area contributed by atoms with Gasteiger partial charge in [-0.2, -0.15) is 0 Å². The molecule has 0 bridgehead atoms. The predicted molar refractivity (Wildman–Crippen MR) is 126 cm³/mol. The van der Waals surface area contributed by atoms with E-state index in [2.05, 4.69) is 22.0 Å². The third kappa shape index (κ3) is 5.06. The van der Waals surface area contributed by atoms with E-state index in [1.807, 2.05) is 32.0 Å². The number of fused-ring (bicyclic) bond motifs is 2. The molecule has 31 heavy (non-hydrogen) atoms. The molecule has 3 N–H and O–H groups in total. The van der Waals surface area contributed by atoms with Crippen molar-refractivity contribution in [2.75, 3.05) is 18.5 Å². The molecular weight excluding hydrogens is 432 g/mol. The Balaban J connectivity index is 1.49. The zero-order valence-electron chi connectivity index (χ0n) is 17.6. The molecule has 3 heterocycles. The van der Waals surface area contributed by atoms with Crippen LogP contribution in [0.15, 0.2) is 24.3 Å². The van der Waals surface area contributed by atoms with Crippen molar-refractivity contribution in [1.29, 1.82) is 0 Å². The van der Waals surface area contributed by atoms with Crippen LogP contribution >= 0.6 is 22.7 Å². The van der Waals surface area contributed by atoms with Crippen LogP contribution in [0.3, 0.4) is 0 Å². The number of para-hydroxylation sites is 1. The van der Waals surface area contributed by atoms with Gasteiger partial charge in [-0.15, -0.1) is 22.7 Å². The van der Waals surface area contributed by atoms with Gasteiger partial charge < -0.3 is 20.7 Å². The molecular formula is C22H26N4O3S2. The van der Waals surface area contributed by atoms with Crippen LogP contribution < -0.4 is 16.0 Å². The summed E-state index contributed by atoms with van der Waals surface area (Å²) in [5.41, 5.74) is 3.27. The molecule has 9 heteroatoms. The molecule has 2 amide bonds. The second-order valence-corrected chi connectivity index (χ2v) is 9.64. The fourth-order valence-corrected chi connectivity index (χ4v) is 5.74. The quantitative estimate of drug-likeness (QED) is 0.484. The average Bonchev–Trinajstić information content (AvgIpc) is 3.33. The summed E-state index contributed by atoms with van der Waals surface area (Å²) < 4.78 is 6.26. The fourth-order valence-electron chi connectivity index (χ4n) is 3.40. The minimum atomic E-state index is -0.491. The standard InChI is InChI=1S/C22H26N4O3S2/c1-3-13(2)24-22(28)29-11-9-18(27)26-21-19(14-8-10-23-12-17(14)31-21)20-25-15-6-4-5-7-16(15)30-20/h4-7,13,23H,3,8-12H2,1-2H3,(H,24,28)(H,26,27). The van der Waals surface area contributed by atoms with E-state index < -0.39 is 6.09 Å². The minimum Gasteiger partial charge on any atom is -0.449 e. The van der Waals surface area contributed by atoms with Crippen LogP contribution in [0.25, 0.3) is 20.8 Å². The van der Waals surface area contributed by atoms with Crippen molar-refractivity contribution in [1.82, 2.24) is 15.6 Å². The summed E-state index contributed by atoms with van der Waals surface area (Å²) in [5, 5.41) is 10.9. The second kappa shape index (κ2) is 9.76. The Morgan fingerprint density at radius 1 is 1.29 bits per heavy atom. The number of alkyl carbamates (subject to hydrolysis) is 1. The number of thiophene rings is 1. The van der Waals surface area contributed by atoms with Crippen molar-refractivity contribution in [3.05, 3.63) is 34.7 Å². The first-order valence-electron chi connectivity index (χ1n) is 10.5. The van der Waals surface area contributed by atoms with Crippen LogP contribution in [0.1, 0.15) is 37.1 Å². The van der Waals surface area contributed by atoms with Crippen LogP contribution in [0.5, 0.6) is 0 Å². The number of rotatable bonds is 7. The lowest BCUT2D eigenvalue weighted by Crippen LogP contribution is -2.33. The van der Waals surface area contributed by atoms with Crippen molar-refractivity contribution in [3.8, 4) is 10.6 Å². The van der Waals surface area contributed by atoms with E-state index in [0.29, 0.717) is 0 Å². The van der Waals surface area contributed by atoms with Gasteiger partial charge in [-0.25, -0.2) is 9.78 Å². The zero-order valence-corrected chi connectivity index (χ0v) is 19.3. The number of aromatic nitrogens is 1. The van der Waals surface area contributed by atoms with Gasteiger partial charge in [0.15, 0.2) is 0 Å². The summed E-state index contributed by atoms with van der Waals surface area (Å²) in [4.78, 5) is 30.4. The maximum Gasteiger partial charge on any atom is 0.407 e. The number of hydrogen-bond donors (Lipinski definition) is 3. The van der Waals surface area contributed by atoms with E-state index in [-0.39, 0.29) is 25.0 Å². The molecule has 1 aliphatic rings. The third-order valence-corrected chi connectivity index (χ3v) is 7.43. The number of benzene rings is 1. The summed E-state index contributed by atoms with van der Waals surface area (Å²) in [7, 11) is 0. The molecule has 0 aliphatic carbocycles. The lowest BCUT2D eigenvalue weighted by molar-refractivity contribution is -0.116. The number of carbonyl (C=O) groups is 2. The summed E-state index contributed by atoms with van der Waals surface area (Å²) in [6.45, 7) is 5.64. The Kier molecular flexibility index (Phi) is 6.84. The smallest absolute Gasteiger partial charge is 0.407 e. The van der Waals surface area contributed by atoms with Crippen LogP contribution in [-0.4, -0.2) is 36.2 Å². The molecule has 4 rings (SSSR count).